The SMILES string of the molecule is CC(C)(C)OC(=O)N[C@@H](Cc1ccccc1)C(=O)ONC(=O)c1cc(Cl)ccc1Cl. The first-order valence-corrected chi connectivity index (χ1v) is 9.80. The molecule has 0 bridgehead atoms. The summed E-state index contributed by atoms with van der Waals surface area (Å²) in [5.74, 6) is -1.64. The highest BCUT2D eigenvalue weighted by molar-refractivity contribution is 6.35. The van der Waals surface area contributed by atoms with Gasteiger partial charge >= 0.3 is 12.1 Å². The molecule has 0 aliphatic heterocycles. The molecule has 0 aromatic heterocycles. The van der Waals surface area contributed by atoms with Crippen molar-refractivity contribution in [3.63, 3.8) is 0 Å². The van der Waals surface area contributed by atoms with E-state index in [1.54, 1.807) is 45.0 Å². The third-order valence-corrected chi connectivity index (χ3v) is 4.24. The molecule has 0 radical (unpaired) electrons. The molecule has 9 heteroatoms. The molecule has 2 N–H and O–H groups in total. The molecule has 2 aromatic rings. The first-order valence-electron chi connectivity index (χ1n) is 9.04. The third kappa shape index (κ3) is 7.57. The molecule has 0 fully saturated rings. The van der Waals surface area contributed by atoms with Crippen LogP contribution in [0.1, 0.15) is 36.7 Å². The summed E-state index contributed by atoms with van der Waals surface area (Å²) < 4.78 is 5.20. The van der Waals surface area contributed by atoms with E-state index in [0.29, 0.717) is 5.02 Å². The summed E-state index contributed by atoms with van der Waals surface area (Å²) in [7, 11) is 0. The summed E-state index contributed by atoms with van der Waals surface area (Å²) in [5.41, 5.74) is 2.10. The lowest BCUT2D eigenvalue weighted by atomic mass is 10.1. The molecule has 1 atom stereocenters. The summed E-state index contributed by atoms with van der Waals surface area (Å²) in [6, 6.07) is 12.2. The van der Waals surface area contributed by atoms with Crippen LogP contribution in [0.15, 0.2) is 48.5 Å². The number of hydrogen-bond donors (Lipinski definition) is 2. The zero-order chi connectivity index (χ0) is 22.3. The van der Waals surface area contributed by atoms with Gasteiger partial charge in [-0.2, -0.15) is 5.48 Å². The monoisotopic (exact) mass is 452 g/mol. The Morgan fingerprint density at radius 1 is 1.03 bits per heavy atom. The first-order chi connectivity index (χ1) is 14.0. The van der Waals surface area contributed by atoms with Crippen LogP contribution in [-0.4, -0.2) is 29.6 Å². The van der Waals surface area contributed by atoms with Crippen LogP contribution >= 0.6 is 23.2 Å². The molecular weight excluding hydrogens is 431 g/mol. The number of alkyl carbamates (subject to hydrolysis) is 1. The number of halogens is 2. The second kappa shape index (κ2) is 10.3. The minimum Gasteiger partial charge on any atom is -0.444 e. The van der Waals surface area contributed by atoms with E-state index < -0.39 is 29.6 Å². The zero-order valence-electron chi connectivity index (χ0n) is 16.7. The van der Waals surface area contributed by atoms with E-state index in [1.807, 2.05) is 11.5 Å². The maximum Gasteiger partial charge on any atom is 0.408 e. The Kier molecular flexibility index (Phi) is 8.08. The number of hydrogen-bond acceptors (Lipinski definition) is 5. The van der Waals surface area contributed by atoms with Gasteiger partial charge in [0.15, 0.2) is 0 Å². The second-order valence-corrected chi connectivity index (χ2v) is 8.21. The maximum atomic E-state index is 12.6. The standard InChI is InChI=1S/C21H22Cl2N2O5/c1-21(2,3)29-20(28)24-17(11-13-7-5-4-6-8-13)19(27)30-25-18(26)15-12-14(22)9-10-16(15)23/h4-10,12,17H,11H2,1-3H3,(H,24,28)(H,25,26)/t17-/m0/s1. The predicted octanol–water partition coefficient (Wildman–Crippen LogP) is 4.32. The normalized spacial score (nSPS) is 11.9. The van der Waals surface area contributed by atoms with Crippen molar-refractivity contribution in [3.05, 3.63) is 69.7 Å². The minimum atomic E-state index is -1.10. The molecule has 2 rings (SSSR count). The average Bonchev–Trinajstić information content (AvgIpc) is 2.66. The Morgan fingerprint density at radius 2 is 1.70 bits per heavy atom. The topological polar surface area (TPSA) is 93.7 Å². The van der Waals surface area contributed by atoms with E-state index >= 15 is 0 Å². The van der Waals surface area contributed by atoms with Gasteiger partial charge in [-0.15, -0.1) is 0 Å². The van der Waals surface area contributed by atoms with Crippen molar-refractivity contribution in [2.75, 3.05) is 0 Å². The number of amides is 2. The van der Waals surface area contributed by atoms with Crippen molar-refractivity contribution in [3.8, 4) is 0 Å². The summed E-state index contributed by atoms with van der Waals surface area (Å²) in [6.07, 6.45) is -0.656. The molecule has 0 unspecified atom stereocenters. The van der Waals surface area contributed by atoms with Crippen LogP contribution in [0.25, 0.3) is 0 Å². The summed E-state index contributed by atoms with van der Waals surface area (Å²) in [6.45, 7) is 5.10. The van der Waals surface area contributed by atoms with Gasteiger partial charge in [-0.05, 0) is 44.5 Å². The summed E-state index contributed by atoms with van der Waals surface area (Å²) in [4.78, 5) is 41.9. The predicted molar refractivity (Wildman–Crippen MR) is 113 cm³/mol. The molecule has 30 heavy (non-hydrogen) atoms. The van der Waals surface area contributed by atoms with Crippen molar-refractivity contribution in [2.45, 2.75) is 38.8 Å². The van der Waals surface area contributed by atoms with E-state index in [9.17, 15) is 14.4 Å². The van der Waals surface area contributed by atoms with Crippen molar-refractivity contribution >= 4 is 41.2 Å². The van der Waals surface area contributed by atoms with Gasteiger partial charge in [0.25, 0.3) is 5.91 Å². The van der Waals surface area contributed by atoms with Crippen molar-refractivity contribution < 1.29 is 24.0 Å². The lowest BCUT2D eigenvalue weighted by Crippen LogP contribution is -2.47. The fourth-order valence-electron chi connectivity index (χ4n) is 2.39. The molecule has 0 spiro atoms. The summed E-state index contributed by atoms with van der Waals surface area (Å²) in [5, 5.41) is 2.91. The van der Waals surface area contributed by atoms with Crippen LogP contribution in [0.3, 0.4) is 0 Å². The van der Waals surface area contributed by atoms with Gasteiger partial charge < -0.3 is 14.9 Å². The smallest absolute Gasteiger partial charge is 0.408 e. The summed E-state index contributed by atoms with van der Waals surface area (Å²) >= 11 is 11.8. The molecule has 0 heterocycles. The number of hydroxylamine groups is 1. The van der Waals surface area contributed by atoms with Crippen LogP contribution in [-0.2, 0) is 20.8 Å². The molecule has 160 valence electrons. The number of carbonyl (C=O) groups is 3. The Hall–Kier alpha value is -2.77. The number of benzene rings is 2. The van der Waals surface area contributed by atoms with Gasteiger partial charge in [-0.25, -0.2) is 9.59 Å². The van der Waals surface area contributed by atoms with Crippen molar-refractivity contribution in [1.82, 2.24) is 10.8 Å². The molecule has 0 aliphatic rings. The number of rotatable bonds is 5. The highest BCUT2D eigenvalue weighted by Gasteiger charge is 2.27. The molecule has 2 aromatic carbocycles. The molecular formula is C21H22Cl2N2O5. The molecule has 0 saturated heterocycles. The number of ether oxygens (including phenoxy) is 1. The van der Waals surface area contributed by atoms with Crippen LogP contribution < -0.4 is 10.8 Å². The van der Waals surface area contributed by atoms with Crippen LogP contribution in [0, 0.1) is 0 Å². The first kappa shape index (κ1) is 23.5. The van der Waals surface area contributed by atoms with Gasteiger partial charge in [-0.1, -0.05) is 53.5 Å². The molecule has 7 nitrogen and oxygen atoms in total. The van der Waals surface area contributed by atoms with E-state index in [0.717, 1.165) is 5.56 Å². The van der Waals surface area contributed by atoms with E-state index in [1.165, 1.54) is 18.2 Å². The van der Waals surface area contributed by atoms with Gasteiger partial charge in [0.05, 0.1) is 10.6 Å². The van der Waals surface area contributed by atoms with Crippen LogP contribution in [0.2, 0.25) is 10.0 Å². The van der Waals surface area contributed by atoms with E-state index in [2.05, 4.69) is 5.32 Å². The Morgan fingerprint density at radius 3 is 2.33 bits per heavy atom. The van der Waals surface area contributed by atoms with Crippen molar-refractivity contribution in [1.29, 1.82) is 0 Å². The van der Waals surface area contributed by atoms with Crippen LogP contribution in [0.4, 0.5) is 4.79 Å². The van der Waals surface area contributed by atoms with E-state index in [4.69, 9.17) is 32.8 Å². The highest BCUT2D eigenvalue weighted by atomic mass is 35.5. The van der Waals surface area contributed by atoms with Gasteiger partial charge in [0, 0.05) is 11.4 Å². The Bertz CT molecular complexity index is 913. The second-order valence-electron chi connectivity index (χ2n) is 7.36. The largest absolute Gasteiger partial charge is 0.444 e. The lowest BCUT2D eigenvalue weighted by Gasteiger charge is -2.23. The quantitative estimate of drug-likeness (QED) is 0.658. The Labute approximate surface area is 184 Å². The maximum absolute atomic E-state index is 12.6. The van der Waals surface area contributed by atoms with Crippen LogP contribution in [0.5, 0.6) is 0 Å². The van der Waals surface area contributed by atoms with Gasteiger partial charge in [-0.3, -0.25) is 4.79 Å². The average molecular weight is 453 g/mol. The third-order valence-electron chi connectivity index (χ3n) is 3.68. The fourth-order valence-corrected chi connectivity index (χ4v) is 2.76. The van der Waals surface area contributed by atoms with E-state index in [-0.39, 0.29) is 17.0 Å². The Balaban J connectivity index is 2.08. The highest BCUT2D eigenvalue weighted by Crippen LogP contribution is 2.20. The van der Waals surface area contributed by atoms with Gasteiger partial charge in [0.2, 0.25) is 0 Å². The molecule has 0 saturated carbocycles. The number of carbonyl (C=O) groups excluding carboxylic acids is 3. The molecule has 2 amide bonds. The molecule has 0 aliphatic carbocycles. The lowest BCUT2D eigenvalue weighted by molar-refractivity contribution is -0.151. The zero-order valence-corrected chi connectivity index (χ0v) is 18.2. The fraction of sp³-hybridized carbons (Fsp3) is 0.286. The van der Waals surface area contributed by atoms with Gasteiger partial charge in [0.1, 0.15) is 11.6 Å². The van der Waals surface area contributed by atoms with Crippen molar-refractivity contribution in [2.24, 2.45) is 0 Å². The minimum absolute atomic E-state index is 0.0386. The number of nitrogens with one attached hydrogen (secondary N) is 2.